The van der Waals surface area contributed by atoms with Gasteiger partial charge in [0.1, 0.15) is 0 Å². The lowest BCUT2D eigenvalue weighted by Gasteiger charge is -2.25. The van der Waals surface area contributed by atoms with E-state index in [2.05, 4.69) is 57.3 Å². The highest BCUT2D eigenvalue weighted by atomic mass is 79.9. The predicted molar refractivity (Wildman–Crippen MR) is 96.6 cm³/mol. The summed E-state index contributed by atoms with van der Waals surface area (Å²) in [6, 6.07) is 12.5. The van der Waals surface area contributed by atoms with E-state index in [1.54, 1.807) is 0 Å². The Morgan fingerprint density at radius 3 is 2.41 bits per heavy atom. The van der Waals surface area contributed by atoms with Gasteiger partial charge in [0.05, 0.1) is 14.7 Å². The number of aryl methyl sites for hydroxylation is 1. The molecule has 5 heteroatoms. The van der Waals surface area contributed by atoms with Gasteiger partial charge < -0.3 is 10.2 Å². The second-order valence-corrected chi connectivity index (χ2v) is 7.85. The van der Waals surface area contributed by atoms with Gasteiger partial charge in [-0.05, 0) is 59.7 Å². The Balaban J connectivity index is 2.03. The first-order valence-electron chi connectivity index (χ1n) is 7.30. The summed E-state index contributed by atoms with van der Waals surface area (Å²) in [6.07, 6.45) is 1.04. The van der Waals surface area contributed by atoms with Crippen molar-refractivity contribution in [3.63, 3.8) is 0 Å². The second kappa shape index (κ2) is 7.90. The van der Waals surface area contributed by atoms with E-state index in [9.17, 15) is 4.79 Å². The fraction of sp³-hybridized carbons (Fsp3) is 0.353. The highest BCUT2D eigenvalue weighted by molar-refractivity contribution is 9.11. The Labute approximate surface area is 144 Å². The maximum Gasteiger partial charge on any atom is 0.261 e. The van der Waals surface area contributed by atoms with E-state index < -0.39 is 0 Å². The Bertz CT molecular complexity index is 622. The molecule has 2 rings (SSSR count). The summed E-state index contributed by atoms with van der Waals surface area (Å²) in [6.45, 7) is 2.74. The zero-order valence-corrected chi connectivity index (χ0v) is 15.5. The van der Waals surface area contributed by atoms with Crippen LogP contribution in [0.1, 0.15) is 33.8 Å². The molecule has 3 nitrogen and oxygen atoms in total. The van der Waals surface area contributed by atoms with Gasteiger partial charge in [0, 0.05) is 6.54 Å². The van der Waals surface area contributed by atoms with E-state index in [-0.39, 0.29) is 11.9 Å². The lowest BCUT2D eigenvalue weighted by Crippen LogP contribution is -2.34. The van der Waals surface area contributed by atoms with Gasteiger partial charge in [-0.1, -0.05) is 31.2 Å². The second-order valence-electron chi connectivity index (χ2n) is 5.39. The first kappa shape index (κ1) is 17.2. The molecule has 0 bridgehead atoms. The lowest BCUT2D eigenvalue weighted by molar-refractivity contribution is 0.0946. The van der Waals surface area contributed by atoms with Gasteiger partial charge in [0.15, 0.2) is 0 Å². The van der Waals surface area contributed by atoms with Crippen LogP contribution in [0.4, 0.5) is 0 Å². The minimum absolute atomic E-state index is 0.0206. The summed E-state index contributed by atoms with van der Waals surface area (Å²) < 4.78 is 0.969. The van der Waals surface area contributed by atoms with E-state index in [0.717, 1.165) is 15.1 Å². The molecule has 0 saturated heterocycles. The molecule has 118 valence electrons. The molecule has 0 aliphatic rings. The Kier molecular flexibility index (Phi) is 6.17. The molecule has 2 aromatic rings. The summed E-state index contributed by atoms with van der Waals surface area (Å²) in [4.78, 5) is 15.0. The van der Waals surface area contributed by atoms with E-state index in [0.29, 0.717) is 6.54 Å². The molecule has 1 aromatic heterocycles. The molecule has 0 aliphatic heterocycles. The van der Waals surface area contributed by atoms with Crippen molar-refractivity contribution in [2.24, 2.45) is 0 Å². The fourth-order valence-corrected chi connectivity index (χ4v) is 3.59. The number of nitrogens with zero attached hydrogens (tertiary/aromatic N) is 1. The molecule has 1 N–H and O–H groups in total. The maximum absolute atomic E-state index is 12.2. The molecular weight excluding hydrogens is 360 g/mol. The maximum atomic E-state index is 12.2. The average molecular weight is 381 g/mol. The molecule has 1 atom stereocenters. The molecule has 0 fully saturated rings. The molecule has 1 amide bonds. The lowest BCUT2D eigenvalue weighted by atomic mass is 10.0. The van der Waals surface area contributed by atoms with Gasteiger partial charge in [-0.15, -0.1) is 11.3 Å². The van der Waals surface area contributed by atoms with Crippen LogP contribution in [0.25, 0.3) is 0 Å². The zero-order chi connectivity index (χ0) is 16.1. The number of carbonyl (C=O) groups excluding carboxylic acids is 1. The van der Waals surface area contributed by atoms with Crippen LogP contribution in [-0.4, -0.2) is 31.4 Å². The van der Waals surface area contributed by atoms with Crippen LogP contribution in [0.2, 0.25) is 0 Å². The number of rotatable bonds is 6. The van der Waals surface area contributed by atoms with Crippen molar-refractivity contribution in [3.8, 4) is 0 Å². The summed E-state index contributed by atoms with van der Waals surface area (Å²) in [5.74, 6) is -0.0206. The van der Waals surface area contributed by atoms with Crippen LogP contribution >= 0.6 is 27.3 Å². The third-order valence-corrected chi connectivity index (χ3v) is 5.27. The SMILES string of the molecule is CCc1ccc(C(CNC(=O)c2ccc(Br)s2)N(C)C)cc1. The van der Waals surface area contributed by atoms with Crippen molar-refractivity contribution in [2.75, 3.05) is 20.6 Å². The van der Waals surface area contributed by atoms with Gasteiger partial charge in [-0.25, -0.2) is 0 Å². The number of amides is 1. The highest BCUT2D eigenvalue weighted by Crippen LogP contribution is 2.22. The van der Waals surface area contributed by atoms with E-state index >= 15 is 0 Å². The van der Waals surface area contributed by atoms with Gasteiger partial charge >= 0.3 is 0 Å². The first-order chi connectivity index (χ1) is 10.5. The van der Waals surface area contributed by atoms with Gasteiger partial charge in [-0.3, -0.25) is 4.79 Å². The van der Waals surface area contributed by atoms with Crippen molar-refractivity contribution in [1.29, 1.82) is 0 Å². The predicted octanol–water partition coefficient (Wildman–Crippen LogP) is 4.11. The molecule has 22 heavy (non-hydrogen) atoms. The largest absolute Gasteiger partial charge is 0.349 e. The molecule has 1 aromatic carbocycles. The number of nitrogens with one attached hydrogen (secondary N) is 1. The van der Waals surface area contributed by atoms with Crippen molar-refractivity contribution < 1.29 is 4.79 Å². The number of thiophene rings is 1. The third-order valence-electron chi connectivity index (χ3n) is 3.65. The van der Waals surface area contributed by atoms with Crippen LogP contribution in [-0.2, 0) is 6.42 Å². The number of benzene rings is 1. The number of hydrogen-bond acceptors (Lipinski definition) is 3. The first-order valence-corrected chi connectivity index (χ1v) is 8.91. The standard InChI is InChI=1S/C17H21BrN2OS/c1-4-12-5-7-13(8-6-12)14(20(2)3)11-19-17(21)15-9-10-16(18)22-15/h5-10,14H,4,11H2,1-3H3,(H,19,21). The van der Waals surface area contributed by atoms with Crippen LogP contribution in [0, 0.1) is 0 Å². The summed E-state index contributed by atoms with van der Waals surface area (Å²) in [5.41, 5.74) is 2.54. The van der Waals surface area contributed by atoms with Gasteiger partial charge in [0.2, 0.25) is 0 Å². The number of carbonyl (C=O) groups is 1. The fourth-order valence-electron chi connectivity index (χ4n) is 2.29. The molecule has 1 heterocycles. The third kappa shape index (κ3) is 4.41. The number of halogens is 1. The Morgan fingerprint density at radius 1 is 1.23 bits per heavy atom. The summed E-state index contributed by atoms with van der Waals surface area (Å²) in [5, 5.41) is 3.03. The minimum atomic E-state index is -0.0206. The van der Waals surface area contributed by atoms with Crippen LogP contribution in [0.5, 0.6) is 0 Å². The molecule has 0 radical (unpaired) electrons. The molecule has 0 aliphatic carbocycles. The average Bonchev–Trinajstić information content (AvgIpc) is 2.94. The van der Waals surface area contributed by atoms with E-state index in [4.69, 9.17) is 0 Å². The van der Waals surface area contributed by atoms with Crippen molar-refractivity contribution in [3.05, 3.63) is 56.2 Å². The Morgan fingerprint density at radius 2 is 1.91 bits per heavy atom. The minimum Gasteiger partial charge on any atom is -0.349 e. The Hall–Kier alpha value is -1.17. The van der Waals surface area contributed by atoms with Crippen LogP contribution < -0.4 is 5.32 Å². The van der Waals surface area contributed by atoms with Gasteiger partial charge in [-0.2, -0.15) is 0 Å². The number of hydrogen-bond donors (Lipinski definition) is 1. The van der Waals surface area contributed by atoms with E-state index in [1.807, 2.05) is 26.2 Å². The van der Waals surface area contributed by atoms with Crippen LogP contribution in [0.3, 0.4) is 0 Å². The molecule has 1 unspecified atom stereocenters. The van der Waals surface area contributed by atoms with Crippen molar-refractivity contribution >= 4 is 33.2 Å². The normalized spacial score (nSPS) is 12.4. The smallest absolute Gasteiger partial charge is 0.261 e. The number of likely N-dealkylation sites (N-methyl/N-ethyl adjacent to an activating group) is 1. The highest BCUT2D eigenvalue weighted by Gasteiger charge is 2.16. The molecular formula is C17H21BrN2OS. The van der Waals surface area contributed by atoms with Crippen molar-refractivity contribution in [1.82, 2.24) is 10.2 Å². The quantitative estimate of drug-likeness (QED) is 0.817. The topological polar surface area (TPSA) is 32.3 Å². The van der Waals surface area contributed by atoms with E-state index in [1.165, 1.54) is 22.5 Å². The summed E-state index contributed by atoms with van der Waals surface area (Å²) in [7, 11) is 4.07. The summed E-state index contributed by atoms with van der Waals surface area (Å²) >= 11 is 4.83. The van der Waals surface area contributed by atoms with Gasteiger partial charge in [0.25, 0.3) is 5.91 Å². The van der Waals surface area contributed by atoms with Crippen LogP contribution in [0.15, 0.2) is 40.2 Å². The molecule has 0 saturated carbocycles. The molecule has 0 spiro atoms. The zero-order valence-electron chi connectivity index (χ0n) is 13.1. The monoisotopic (exact) mass is 380 g/mol. The van der Waals surface area contributed by atoms with Crippen molar-refractivity contribution in [2.45, 2.75) is 19.4 Å².